The fourth-order valence-corrected chi connectivity index (χ4v) is 1.47. The van der Waals surface area contributed by atoms with Crippen LogP contribution in [0.3, 0.4) is 0 Å². The molecule has 1 aliphatic rings. The number of fused-ring (bicyclic) bond motifs is 1. The molecule has 0 spiro atoms. The smallest absolute Gasteiger partial charge is 0.310 e. The van der Waals surface area contributed by atoms with Gasteiger partial charge in [0.25, 0.3) is 0 Å². The Kier molecular flexibility index (Phi) is 3.56. The summed E-state index contributed by atoms with van der Waals surface area (Å²) in [5.41, 5.74) is 0. The SMILES string of the molecule is Cl.FC(F)(F)c1nnc2n1CCCNC2. The van der Waals surface area contributed by atoms with E-state index in [2.05, 4.69) is 15.5 Å². The topological polar surface area (TPSA) is 42.7 Å². The average molecular weight is 243 g/mol. The molecule has 0 radical (unpaired) electrons. The third kappa shape index (κ3) is 2.40. The fourth-order valence-electron chi connectivity index (χ4n) is 1.47. The molecule has 0 aromatic carbocycles. The van der Waals surface area contributed by atoms with E-state index in [0.29, 0.717) is 31.9 Å². The molecule has 2 heterocycles. The third-order valence-corrected chi connectivity index (χ3v) is 2.10. The van der Waals surface area contributed by atoms with Crippen LogP contribution in [0, 0.1) is 0 Å². The van der Waals surface area contributed by atoms with Crippen molar-refractivity contribution in [3.05, 3.63) is 11.6 Å². The standard InChI is InChI=1S/C7H9F3N4.ClH/c8-7(9,10)6-13-12-5-4-11-2-1-3-14(5)6;/h11H,1-4H2;1H. The first-order valence-electron chi connectivity index (χ1n) is 4.29. The number of aromatic nitrogens is 3. The van der Waals surface area contributed by atoms with Gasteiger partial charge < -0.3 is 9.88 Å². The zero-order valence-corrected chi connectivity index (χ0v) is 8.53. The van der Waals surface area contributed by atoms with Crippen LogP contribution in [0.5, 0.6) is 0 Å². The Bertz CT molecular complexity index is 335. The molecule has 0 bridgehead atoms. The second-order valence-corrected chi connectivity index (χ2v) is 3.12. The second kappa shape index (κ2) is 4.36. The highest BCUT2D eigenvalue weighted by Gasteiger charge is 2.38. The summed E-state index contributed by atoms with van der Waals surface area (Å²) in [5.74, 6) is -0.536. The molecule has 0 fully saturated rings. The van der Waals surface area contributed by atoms with Gasteiger partial charge in [-0.15, -0.1) is 22.6 Å². The maximum Gasteiger partial charge on any atom is 0.451 e. The predicted octanol–water partition coefficient (Wildman–Crippen LogP) is 1.21. The predicted molar refractivity (Wildman–Crippen MR) is 48.6 cm³/mol. The molecule has 0 aliphatic carbocycles. The highest BCUT2D eigenvalue weighted by Crippen LogP contribution is 2.28. The van der Waals surface area contributed by atoms with Crippen LogP contribution in [0.15, 0.2) is 0 Å². The minimum absolute atomic E-state index is 0. The minimum atomic E-state index is -4.41. The number of nitrogens with one attached hydrogen (secondary N) is 1. The Labute approximate surface area is 90.3 Å². The van der Waals surface area contributed by atoms with E-state index in [9.17, 15) is 13.2 Å². The molecule has 0 saturated heterocycles. The first-order chi connectivity index (χ1) is 6.59. The van der Waals surface area contributed by atoms with Gasteiger partial charge >= 0.3 is 6.18 Å². The van der Waals surface area contributed by atoms with Crippen LogP contribution in [-0.4, -0.2) is 21.3 Å². The van der Waals surface area contributed by atoms with Crippen LogP contribution in [0.25, 0.3) is 0 Å². The molecule has 15 heavy (non-hydrogen) atoms. The number of halogens is 4. The molecule has 4 nitrogen and oxygen atoms in total. The van der Waals surface area contributed by atoms with Crippen molar-refractivity contribution < 1.29 is 13.2 Å². The maximum absolute atomic E-state index is 12.4. The first kappa shape index (κ1) is 12.3. The number of nitrogens with zero attached hydrogens (tertiary/aromatic N) is 3. The summed E-state index contributed by atoms with van der Waals surface area (Å²) in [4.78, 5) is 0. The Morgan fingerprint density at radius 3 is 2.67 bits per heavy atom. The van der Waals surface area contributed by atoms with Gasteiger partial charge in [0.05, 0.1) is 6.54 Å². The second-order valence-electron chi connectivity index (χ2n) is 3.12. The van der Waals surface area contributed by atoms with Gasteiger partial charge in [0, 0.05) is 6.54 Å². The molecule has 0 atom stereocenters. The average Bonchev–Trinajstić information content (AvgIpc) is 2.36. The van der Waals surface area contributed by atoms with Crippen molar-refractivity contribution in [3.63, 3.8) is 0 Å². The highest BCUT2D eigenvalue weighted by molar-refractivity contribution is 5.85. The maximum atomic E-state index is 12.4. The third-order valence-electron chi connectivity index (χ3n) is 2.10. The molecule has 1 aromatic rings. The summed E-state index contributed by atoms with van der Waals surface area (Å²) in [6.45, 7) is 1.38. The van der Waals surface area contributed by atoms with Gasteiger partial charge in [-0.05, 0) is 13.0 Å². The van der Waals surface area contributed by atoms with Crippen molar-refractivity contribution in [2.75, 3.05) is 6.54 Å². The van der Waals surface area contributed by atoms with E-state index in [1.807, 2.05) is 0 Å². The van der Waals surface area contributed by atoms with Crippen molar-refractivity contribution >= 4 is 12.4 Å². The van der Waals surface area contributed by atoms with Crippen molar-refractivity contribution in [3.8, 4) is 0 Å². The Balaban J connectivity index is 0.00000112. The van der Waals surface area contributed by atoms with Crippen molar-refractivity contribution in [2.24, 2.45) is 0 Å². The van der Waals surface area contributed by atoms with E-state index < -0.39 is 12.0 Å². The highest BCUT2D eigenvalue weighted by atomic mass is 35.5. The van der Waals surface area contributed by atoms with Gasteiger partial charge in [-0.25, -0.2) is 0 Å². The molecule has 1 aromatic heterocycles. The van der Waals surface area contributed by atoms with E-state index in [1.165, 1.54) is 0 Å². The quantitative estimate of drug-likeness (QED) is 0.744. The van der Waals surface area contributed by atoms with Crippen molar-refractivity contribution in [2.45, 2.75) is 25.7 Å². The fraction of sp³-hybridized carbons (Fsp3) is 0.714. The van der Waals surface area contributed by atoms with E-state index in [1.54, 1.807) is 0 Å². The Morgan fingerprint density at radius 2 is 2.00 bits per heavy atom. The Morgan fingerprint density at radius 1 is 1.27 bits per heavy atom. The van der Waals surface area contributed by atoms with Gasteiger partial charge in [-0.1, -0.05) is 0 Å². The summed E-state index contributed by atoms with van der Waals surface area (Å²) in [7, 11) is 0. The summed E-state index contributed by atoms with van der Waals surface area (Å²) in [6.07, 6.45) is -3.75. The van der Waals surface area contributed by atoms with Crippen LogP contribution in [0.2, 0.25) is 0 Å². The number of rotatable bonds is 0. The van der Waals surface area contributed by atoms with E-state index in [4.69, 9.17) is 0 Å². The number of hydrogen-bond donors (Lipinski definition) is 1. The molecule has 8 heteroatoms. The molecule has 0 saturated carbocycles. The van der Waals surface area contributed by atoms with Crippen LogP contribution in [-0.2, 0) is 19.3 Å². The number of alkyl halides is 3. The van der Waals surface area contributed by atoms with E-state index >= 15 is 0 Å². The summed E-state index contributed by atoms with van der Waals surface area (Å²) < 4.78 is 38.3. The molecule has 1 aliphatic heterocycles. The van der Waals surface area contributed by atoms with Gasteiger partial charge in [-0.2, -0.15) is 13.2 Å². The van der Waals surface area contributed by atoms with Gasteiger partial charge in [-0.3, -0.25) is 0 Å². The molecule has 0 unspecified atom stereocenters. The first-order valence-corrected chi connectivity index (χ1v) is 4.29. The molecule has 2 rings (SSSR count). The van der Waals surface area contributed by atoms with E-state index in [0.717, 1.165) is 4.57 Å². The molecular formula is C7H10ClF3N4. The number of hydrogen-bond acceptors (Lipinski definition) is 3. The van der Waals surface area contributed by atoms with E-state index in [-0.39, 0.29) is 12.4 Å². The zero-order chi connectivity index (χ0) is 10.2. The van der Waals surface area contributed by atoms with Gasteiger partial charge in [0.2, 0.25) is 5.82 Å². The van der Waals surface area contributed by atoms with Crippen LogP contribution in [0.1, 0.15) is 18.1 Å². The van der Waals surface area contributed by atoms with Crippen molar-refractivity contribution in [1.29, 1.82) is 0 Å². The summed E-state index contributed by atoms with van der Waals surface area (Å²) in [6, 6.07) is 0. The molecule has 1 N–H and O–H groups in total. The summed E-state index contributed by atoms with van der Waals surface area (Å²) in [5, 5.41) is 9.65. The zero-order valence-electron chi connectivity index (χ0n) is 7.71. The normalized spacial score (nSPS) is 16.5. The van der Waals surface area contributed by atoms with Crippen LogP contribution < -0.4 is 5.32 Å². The summed E-state index contributed by atoms with van der Waals surface area (Å²) >= 11 is 0. The lowest BCUT2D eigenvalue weighted by atomic mass is 10.4. The molecule has 0 amide bonds. The largest absolute Gasteiger partial charge is 0.451 e. The lowest BCUT2D eigenvalue weighted by Gasteiger charge is -2.08. The minimum Gasteiger partial charge on any atom is -0.310 e. The molecular weight excluding hydrogens is 233 g/mol. The van der Waals surface area contributed by atoms with Crippen LogP contribution in [0.4, 0.5) is 13.2 Å². The monoisotopic (exact) mass is 242 g/mol. The Hall–Kier alpha value is -0.820. The molecule has 86 valence electrons. The van der Waals surface area contributed by atoms with Crippen LogP contribution >= 0.6 is 12.4 Å². The lowest BCUT2D eigenvalue weighted by Crippen LogP contribution is -2.16. The van der Waals surface area contributed by atoms with Crippen molar-refractivity contribution in [1.82, 2.24) is 20.1 Å². The lowest BCUT2D eigenvalue weighted by molar-refractivity contribution is -0.147. The van der Waals surface area contributed by atoms with Gasteiger partial charge in [0.15, 0.2) is 0 Å². The van der Waals surface area contributed by atoms with Gasteiger partial charge in [0.1, 0.15) is 5.82 Å².